The summed E-state index contributed by atoms with van der Waals surface area (Å²) in [6.45, 7) is 19.1. The number of nitrogens with zero attached hydrogens (tertiary/aromatic N) is 1. The van der Waals surface area contributed by atoms with Crippen LogP contribution in [0.15, 0.2) is 18.2 Å². The van der Waals surface area contributed by atoms with Crippen LogP contribution < -0.4 is 10.6 Å². The number of aryl methyl sites for hydroxylation is 2. The van der Waals surface area contributed by atoms with Crippen molar-refractivity contribution in [3.05, 3.63) is 34.9 Å². The normalized spacial score (nSPS) is 14.3. The van der Waals surface area contributed by atoms with Crippen LogP contribution in [-0.2, 0) is 14.3 Å². The molecule has 7 nitrogen and oxygen atoms in total. The highest BCUT2D eigenvalue weighted by molar-refractivity contribution is 5.92. The third-order valence-electron chi connectivity index (χ3n) is 5.61. The topological polar surface area (TPSA) is 87.7 Å². The summed E-state index contributed by atoms with van der Waals surface area (Å²) in [6, 6.07) is 4.11. The van der Waals surface area contributed by atoms with Gasteiger partial charge in [-0.05, 0) is 78.0 Å². The predicted octanol–water partition coefficient (Wildman–Crippen LogP) is 4.66. The minimum Gasteiger partial charge on any atom is -0.444 e. The fraction of sp³-hybridized carbons (Fsp3) is 0.654. The maximum Gasteiger partial charge on any atom is 0.408 e. The van der Waals surface area contributed by atoms with Crippen molar-refractivity contribution in [2.24, 2.45) is 5.92 Å². The van der Waals surface area contributed by atoms with E-state index in [1.54, 1.807) is 25.7 Å². The molecule has 186 valence electrons. The summed E-state index contributed by atoms with van der Waals surface area (Å²) in [7, 11) is 0. The highest BCUT2D eigenvalue weighted by Crippen LogP contribution is 2.26. The van der Waals surface area contributed by atoms with Gasteiger partial charge in [-0.2, -0.15) is 0 Å². The Labute approximate surface area is 199 Å². The molecule has 0 spiro atoms. The van der Waals surface area contributed by atoms with E-state index in [-0.39, 0.29) is 23.8 Å². The van der Waals surface area contributed by atoms with E-state index in [2.05, 4.69) is 10.6 Å². The number of carbonyl (C=O) groups is 3. The third-order valence-corrected chi connectivity index (χ3v) is 5.61. The summed E-state index contributed by atoms with van der Waals surface area (Å²) in [6.07, 6.45) is 0.0301. The molecule has 1 aromatic carbocycles. The second-order valence-electron chi connectivity index (χ2n) is 10.0. The molecule has 0 aliphatic rings. The number of ether oxygens (including phenoxy) is 1. The van der Waals surface area contributed by atoms with Crippen molar-refractivity contribution in [3.63, 3.8) is 0 Å². The van der Waals surface area contributed by atoms with E-state index in [0.717, 1.165) is 16.7 Å². The summed E-state index contributed by atoms with van der Waals surface area (Å²) >= 11 is 0. The molecule has 0 radical (unpaired) electrons. The number of benzene rings is 1. The van der Waals surface area contributed by atoms with Crippen LogP contribution >= 0.6 is 0 Å². The van der Waals surface area contributed by atoms with Crippen molar-refractivity contribution in [1.29, 1.82) is 0 Å². The van der Waals surface area contributed by atoms with E-state index < -0.39 is 23.8 Å². The van der Waals surface area contributed by atoms with Crippen molar-refractivity contribution in [2.75, 3.05) is 6.54 Å². The first-order valence-electron chi connectivity index (χ1n) is 11.9. The SMILES string of the molecule is CCC(C)C(NC(=O)OC(C)(C)C)C(=O)N(CC)C(C(=O)NC(C)C)c1ccc(C)c(C)c1. The van der Waals surface area contributed by atoms with Gasteiger partial charge in [-0.25, -0.2) is 4.79 Å². The van der Waals surface area contributed by atoms with Crippen LogP contribution in [0.3, 0.4) is 0 Å². The fourth-order valence-electron chi connectivity index (χ4n) is 3.53. The van der Waals surface area contributed by atoms with Crippen molar-refractivity contribution in [1.82, 2.24) is 15.5 Å². The van der Waals surface area contributed by atoms with E-state index in [4.69, 9.17) is 4.74 Å². The molecular formula is C26H43N3O4. The van der Waals surface area contributed by atoms with Gasteiger partial charge < -0.3 is 20.3 Å². The molecule has 33 heavy (non-hydrogen) atoms. The lowest BCUT2D eigenvalue weighted by atomic mass is 9.94. The van der Waals surface area contributed by atoms with Gasteiger partial charge in [0.15, 0.2) is 0 Å². The highest BCUT2D eigenvalue weighted by Gasteiger charge is 2.37. The molecule has 0 bridgehead atoms. The summed E-state index contributed by atoms with van der Waals surface area (Å²) in [5.74, 6) is -0.698. The molecule has 0 saturated heterocycles. The Morgan fingerprint density at radius 3 is 2.06 bits per heavy atom. The number of nitrogens with one attached hydrogen (secondary N) is 2. The summed E-state index contributed by atoms with van der Waals surface area (Å²) in [5.41, 5.74) is 2.21. The van der Waals surface area contributed by atoms with Crippen LogP contribution in [0.1, 0.15) is 84.5 Å². The predicted molar refractivity (Wildman–Crippen MR) is 132 cm³/mol. The monoisotopic (exact) mass is 461 g/mol. The Bertz CT molecular complexity index is 829. The summed E-state index contributed by atoms with van der Waals surface area (Å²) in [5, 5.41) is 5.72. The van der Waals surface area contributed by atoms with Gasteiger partial charge >= 0.3 is 6.09 Å². The molecule has 3 atom stereocenters. The number of carbonyl (C=O) groups excluding carboxylic acids is 3. The largest absolute Gasteiger partial charge is 0.444 e. The molecular weight excluding hydrogens is 418 g/mol. The first kappa shape index (κ1) is 28.5. The second-order valence-corrected chi connectivity index (χ2v) is 10.0. The van der Waals surface area contributed by atoms with Crippen molar-refractivity contribution < 1.29 is 19.1 Å². The Kier molecular flexibility index (Phi) is 10.4. The zero-order valence-corrected chi connectivity index (χ0v) is 22.0. The number of amides is 3. The van der Waals surface area contributed by atoms with Crippen LogP contribution in [0.5, 0.6) is 0 Å². The summed E-state index contributed by atoms with van der Waals surface area (Å²) in [4.78, 5) is 41.2. The summed E-state index contributed by atoms with van der Waals surface area (Å²) < 4.78 is 5.40. The van der Waals surface area contributed by atoms with Crippen molar-refractivity contribution in [2.45, 2.75) is 99.4 Å². The maximum atomic E-state index is 13.8. The second kappa shape index (κ2) is 12.1. The Morgan fingerprint density at radius 1 is 1.00 bits per heavy atom. The molecule has 1 rings (SSSR count). The first-order valence-corrected chi connectivity index (χ1v) is 11.9. The zero-order valence-electron chi connectivity index (χ0n) is 22.0. The molecule has 0 aromatic heterocycles. The number of hydrogen-bond acceptors (Lipinski definition) is 4. The van der Waals surface area contributed by atoms with E-state index in [9.17, 15) is 14.4 Å². The van der Waals surface area contributed by atoms with E-state index in [1.165, 1.54) is 0 Å². The highest BCUT2D eigenvalue weighted by atomic mass is 16.6. The average Bonchev–Trinajstić information content (AvgIpc) is 2.69. The molecule has 3 amide bonds. The molecule has 7 heteroatoms. The van der Waals surface area contributed by atoms with Gasteiger partial charge in [-0.1, -0.05) is 38.5 Å². The van der Waals surface area contributed by atoms with Crippen LogP contribution in [0.25, 0.3) is 0 Å². The van der Waals surface area contributed by atoms with Gasteiger partial charge in [0.25, 0.3) is 0 Å². The van der Waals surface area contributed by atoms with Gasteiger partial charge in [-0.15, -0.1) is 0 Å². The minimum absolute atomic E-state index is 0.0781. The van der Waals surface area contributed by atoms with Crippen LogP contribution in [-0.4, -0.2) is 47.0 Å². The molecule has 0 heterocycles. The molecule has 0 fully saturated rings. The number of rotatable bonds is 9. The smallest absolute Gasteiger partial charge is 0.408 e. The standard InChI is InChI=1S/C26H43N3O4/c1-11-17(5)21(28-25(32)33-26(8,9)10)24(31)29(12-2)22(23(30)27-16(3)4)20-14-13-18(6)19(7)15-20/h13-17,21-22H,11-12H2,1-10H3,(H,27,30)(H,28,32). The van der Waals surface area contributed by atoms with Gasteiger partial charge in [0.1, 0.15) is 17.7 Å². The van der Waals surface area contributed by atoms with Gasteiger partial charge in [-0.3, -0.25) is 9.59 Å². The Balaban J connectivity index is 3.42. The molecule has 1 aromatic rings. The number of hydrogen-bond donors (Lipinski definition) is 2. The first-order chi connectivity index (χ1) is 15.2. The maximum absolute atomic E-state index is 13.8. The van der Waals surface area contributed by atoms with Crippen molar-refractivity contribution in [3.8, 4) is 0 Å². The van der Waals surface area contributed by atoms with Crippen molar-refractivity contribution >= 4 is 17.9 Å². The molecule has 0 saturated carbocycles. The molecule has 2 N–H and O–H groups in total. The quantitative estimate of drug-likeness (QED) is 0.560. The molecule has 0 aliphatic carbocycles. The number of likely N-dealkylation sites (N-methyl/N-ethyl adjacent to an activating group) is 1. The lowest BCUT2D eigenvalue weighted by Crippen LogP contribution is -2.55. The van der Waals surface area contributed by atoms with E-state index in [1.807, 2.05) is 66.7 Å². The van der Waals surface area contributed by atoms with Crippen LogP contribution in [0.4, 0.5) is 4.79 Å². The molecule has 3 unspecified atom stereocenters. The van der Waals surface area contributed by atoms with Gasteiger partial charge in [0.2, 0.25) is 11.8 Å². The lowest BCUT2D eigenvalue weighted by Gasteiger charge is -2.35. The number of alkyl carbamates (subject to hydrolysis) is 1. The average molecular weight is 462 g/mol. The Morgan fingerprint density at radius 2 is 1.61 bits per heavy atom. The van der Waals surface area contributed by atoms with Crippen LogP contribution in [0, 0.1) is 19.8 Å². The Hall–Kier alpha value is -2.57. The van der Waals surface area contributed by atoms with Gasteiger partial charge in [0, 0.05) is 12.6 Å². The van der Waals surface area contributed by atoms with Gasteiger partial charge in [0.05, 0.1) is 0 Å². The van der Waals surface area contributed by atoms with E-state index in [0.29, 0.717) is 13.0 Å². The molecule has 0 aliphatic heterocycles. The third kappa shape index (κ3) is 8.37. The zero-order chi connectivity index (χ0) is 25.5. The fourth-order valence-corrected chi connectivity index (χ4v) is 3.53. The lowest BCUT2D eigenvalue weighted by molar-refractivity contribution is -0.143. The van der Waals surface area contributed by atoms with Crippen LogP contribution in [0.2, 0.25) is 0 Å². The minimum atomic E-state index is -0.814. The van der Waals surface area contributed by atoms with E-state index >= 15 is 0 Å².